The summed E-state index contributed by atoms with van der Waals surface area (Å²) in [6.07, 6.45) is -0.210. The molecule has 0 spiro atoms. The van der Waals surface area contributed by atoms with Gasteiger partial charge in [-0.1, -0.05) is 25.4 Å². The zero-order chi connectivity index (χ0) is 22.8. The normalized spacial score (nSPS) is 14.5. The van der Waals surface area contributed by atoms with Crippen LogP contribution in [0.4, 0.5) is 21.5 Å². The quantitative estimate of drug-likeness (QED) is 0.734. The minimum Gasteiger partial charge on any atom is -0.370 e. The molecule has 1 saturated heterocycles. The van der Waals surface area contributed by atoms with Gasteiger partial charge in [0.15, 0.2) is 0 Å². The molecule has 0 bridgehead atoms. The zero-order valence-corrected chi connectivity index (χ0v) is 18.0. The molecule has 3 rings (SSSR count). The summed E-state index contributed by atoms with van der Waals surface area (Å²) in [4.78, 5) is 39.6. The van der Waals surface area contributed by atoms with Crippen molar-refractivity contribution in [1.82, 2.24) is 0 Å². The zero-order valence-electron chi connectivity index (χ0n) is 17.2. The van der Waals surface area contributed by atoms with Crippen LogP contribution < -0.4 is 15.5 Å². The van der Waals surface area contributed by atoms with Crippen LogP contribution in [0, 0.1) is 11.2 Å². The van der Waals surface area contributed by atoms with Crippen LogP contribution in [-0.4, -0.2) is 37.5 Å². The lowest BCUT2D eigenvalue weighted by Gasteiger charge is -2.32. The number of hydrogen-bond acceptors (Lipinski definition) is 4. The molecule has 2 aromatic rings. The van der Waals surface area contributed by atoms with E-state index in [-0.39, 0.29) is 24.6 Å². The molecule has 1 aliphatic heterocycles. The summed E-state index contributed by atoms with van der Waals surface area (Å²) >= 11 is 5.97. The SMILES string of the molecule is CC(C)(CC(N)=O)C(=O)N(c1ccc(Cl)cc1)c1ccc(N2CCOCC2=O)cc1F. The van der Waals surface area contributed by atoms with Crippen molar-refractivity contribution in [3.8, 4) is 0 Å². The second-order valence-corrected chi connectivity index (χ2v) is 8.31. The summed E-state index contributed by atoms with van der Waals surface area (Å²) < 4.78 is 20.4. The first-order chi connectivity index (χ1) is 14.6. The largest absolute Gasteiger partial charge is 0.370 e. The van der Waals surface area contributed by atoms with Gasteiger partial charge in [0.05, 0.1) is 17.7 Å². The molecule has 0 aliphatic carbocycles. The average molecular weight is 448 g/mol. The molecule has 9 heteroatoms. The number of primary amides is 1. The van der Waals surface area contributed by atoms with Gasteiger partial charge in [0.1, 0.15) is 12.4 Å². The van der Waals surface area contributed by atoms with Gasteiger partial charge in [-0.3, -0.25) is 19.3 Å². The molecule has 3 amide bonds. The Balaban J connectivity index is 2.05. The number of nitrogens with two attached hydrogens (primary N) is 1. The van der Waals surface area contributed by atoms with Gasteiger partial charge in [-0.25, -0.2) is 4.39 Å². The molecule has 31 heavy (non-hydrogen) atoms. The minimum absolute atomic E-state index is 0.0191. The Morgan fingerprint density at radius 3 is 2.48 bits per heavy atom. The molecule has 2 N–H and O–H groups in total. The highest BCUT2D eigenvalue weighted by Crippen LogP contribution is 2.36. The first-order valence-corrected chi connectivity index (χ1v) is 10.0. The highest BCUT2D eigenvalue weighted by atomic mass is 35.5. The van der Waals surface area contributed by atoms with Gasteiger partial charge in [-0.05, 0) is 42.5 Å². The lowest BCUT2D eigenvalue weighted by Crippen LogP contribution is -2.42. The van der Waals surface area contributed by atoms with Crippen molar-refractivity contribution in [1.29, 1.82) is 0 Å². The van der Waals surface area contributed by atoms with Gasteiger partial charge < -0.3 is 15.4 Å². The Bertz CT molecular complexity index is 1010. The monoisotopic (exact) mass is 447 g/mol. The fourth-order valence-electron chi connectivity index (χ4n) is 3.41. The minimum atomic E-state index is -1.18. The van der Waals surface area contributed by atoms with Crippen molar-refractivity contribution < 1.29 is 23.5 Å². The van der Waals surface area contributed by atoms with E-state index in [2.05, 4.69) is 0 Å². The Hall–Kier alpha value is -2.97. The van der Waals surface area contributed by atoms with E-state index in [0.29, 0.717) is 29.5 Å². The number of anilines is 3. The maximum absolute atomic E-state index is 15.3. The summed E-state index contributed by atoms with van der Waals surface area (Å²) in [6.45, 7) is 3.73. The second kappa shape index (κ2) is 9.03. The number of carbonyl (C=O) groups is 3. The highest BCUT2D eigenvalue weighted by molar-refractivity contribution is 6.30. The molecule has 7 nitrogen and oxygen atoms in total. The summed E-state index contributed by atoms with van der Waals surface area (Å²) in [7, 11) is 0. The van der Waals surface area contributed by atoms with Crippen molar-refractivity contribution in [3.63, 3.8) is 0 Å². The fraction of sp³-hybridized carbons (Fsp3) is 0.318. The van der Waals surface area contributed by atoms with E-state index in [0.717, 1.165) is 0 Å². The van der Waals surface area contributed by atoms with Crippen molar-refractivity contribution in [2.24, 2.45) is 11.1 Å². The summed E-state index contributed by atoms with van der Waals surface area (Å²) in [5.41, 5.74) is 4.85. The molecule has 0 aromatic heterocycles. The number of ether oxygens (including phenoxy) is 1. The molecule has 0 atom stereocenters. The second-order valence-electron chi connectivity index (χ2n) is 7.88. The number of halogens is 2. The van der Waals surface area contributed by atoms with Crippen LogP contribution in [-0.2, 0) is 19.1 Å². The van der Waals surface area contributed by atoms with E-state index in [1.165, 1.54) is 21.9 Å². The topological polar surface area (TPSA) is 92.9 Å². The van der Waals surface area contributed by atoms with Crippen LogP contribution in [0.5, 0.6) is 0 Å². The first-order valence-electron chi connectivity index (χ1n) is 9.66. The van der Waals surface area contributed by atoms with Gasteiger partial charge in [-0.2, -0.15) is 0 Å². The lowest BCUT2D eigenvalue weighted by atomic mass is 9.86. The van der Waals surface area contributed by atoms with E-state index >= 15 is 4.39 Å². The lowest BCUT2D eigenvalue weighted by molar-refractivity contribution is -0.131. The number of rotatable bonds is 6. The third-order valence-corrected chi connectivity index (χ3v) is 5.20. The highest BCUT2D eigenvalue weighted by Gasteiger charge is 2.36. The number of amides is 3. The van der Waals surface area contributed by atoms with Gasteiger partial charge in [-0.15, -0.1) is 0 Å². The maximum atomic E-state index is 15.3. The smallest absolute Gasteiger partial charge is 0.253 e. The Morgan fingerprint density at radius 1 is 1.23 bits per heavy atom. The third kappa shape index (κ3) is 5.03. The number of morpholine rings is 1. The molecule has 1 fully saturated rings. The van der Waals surface area contributed by atoms with Crippen LogP contribution in [0.15, 0.2) is 42.5 Å². The third-order valence-electron chi connectivity index (χ3n) is 4.95. The van der Waals surface area contributed by atoms with Crippen LogP contribution in [0.2, 0.25) is 5.02 Å². The van der Waals surface area contributed by atoms with Crippen molar-refractivity contribution >= 4 is 46.4 Å². The van der Waals surface area contributed by atoms with Crippen LogP contribution >= 0.6 is 11.6 Å². The molecule has 0 radical (unpaired) electrons. The summed E-state index contributed by atoms with van der Waals surface area (Å²) in [5, 5.41) is 0.453. The van der Waals surface area contributed by atoms with E-state index in [1.807, 2.05) is 0 Å². The van der Waals surface area contributed by atoms with Gasteiger partial charge in [0.25, 0.3) is 5.91 Å². The molecule has 2 aromatic carbocycles. The molecule has 1 aliphatic rings. The molecule has 0 saturated carbocycles. The number of carbonyl (C=O) groups excluding carboxylic acids is 3. The van der Waals surface area contributed by atoms with Crippen molar-refractivity contribution in [3.05, 3.63) is 53.3 Å². The molecule has 0 unspecified atom stereocenters. The standard InChI is InChI=1S/C22H23ClFN3O4/c1-22(2,12-19(25)28)21(30)27(15-5-3-14(23)4-6-15)18-8-7-16(11-17(18)24)26-9-10-31-13-20(26)29/h3-8,11H,9-10,12-13H2,1-2H3,(H2,25,28). The predicted molar refractivity (Wildman–Crippen MR) is 116 cm³/mol. The van der Waals surface area contributed by atoms with Crippen LogP contribution in [0.25, 0.3) is 0 Å². The van der Waals surface area contributed by atoms with E-state index < -0.39 is 23.0 Å². The molecular formula is C22H23ClFN3O4. The first kappa shape index (κ1) is 22.7. The number of benzene rings is 2. The predicted octanol–water partition coefficient (Wildman–Crippen LogP) is 3.41. The number of nitrogens with zero attached hydrogens (tertiary/aromatic N) is 2. The van der Waals surface area contributed by atoms with Crippen molar-refractivity contribution in [2.75, 3.05) is 29.6 Å². The Kier molecular flexibility index (Phi) is 6.62. The molecular weight excluding hydrogens is 425 g/mol. The fourth-order valence-corrected chi connectivity index (χ4v) is 3.53. The Labute approximate surface area is 184 Å². The van der Waals surface area contributed by atoms with Gasteiger partial charge in [0, 0.05) is 29.4 Å². The van der Waals surface area contributed by atoms with Gasteiger partial charge in [0.2, 0.25) is 11.8 Å². The Morgan fingerprint density at radius 2 is 1.90 bits per heavy atom. The van der Waals surface area contributed by atoms with E-state index in [1.54, 1.807) is 44.2 Å². The summed E-state index contributed by atoms with van der Waals surface area (Å²) in [6, 6.07) is 10.5. The van der Waals surface area contributed by atoms with Crippen molar-refractivity contribution in [2.45, 2.75) is 20.3 Å². The molecule has 1 heterocycles. The molecule has 164 valence electrons. The maximum Gasteiger partial charge on any atom is 0.253 e. The van der Waals surface area contributed by atoms with E-state index in [9.17, 15) is 14.4 Å². The average Bonchev–Trinajstić information content (AvgIpc) is 2.70. The number of hydrogen-bond donors (Lipinski definition) is 1. The van der Waals surface area contributed by atoms with E-state index in [4.69, 9.17) is 22.1 Å². The summed E-state index contributed by atoms with van der Waals surface area (Å²) in [5.74, 6) is -2.12. The van der Waals surface area contributed by atoms with Crippen LogP contribution in [0.1, 0.15) is 20.3 Å². The van der Waals surface area contributed by atoms with Crippen LogP contribution in [0.3, 0.4) is 0 Å². The van der Waals surface area contributed by atoms with Gasteiger partial charge >= 0.3 is 0 Å².